The van der Waals surface area contributed by atoms with Crippen LogP contribution >= 0.6 is 0 Å². The van der Waals surface area contributed by atoms with Crippen molar-refractivity contribution in [1.29, 1.82) is 0 Å². The average Bonchev–Trinajstić information content (AvgIpc) is 2.91. The van der Waals surface area contributed by atoms with Gasteiger partial charge in [0, 0.05) is 23.5 Å². The smallest absolute Gasteiger partial charge is 0.172 e. The molecule has 4 heteroatoms. The summed E-state index contributed by atoms with van der Waals surface area (Å²) in [5, 5.41) is 2.19. The van der Waals surface area contributed by atoms with Crippen LogP contribution in [-0.2, 0) is 11.2 Å². The maximum atomic E-state index is 13.1. The van der Waals surface area contributed by atoms with E-state index in [-0.39, 0.29) is 20.7 Å². The molecule has 1 heterocycles. The van der Waals surface area contributed by atoms with Crippen LogP contribution in [-0.4, -0.2) is 19.9 Å². The summed E-state index contributed by atoms with van der Waals surface area (Å²) in [5.74, 6) is -0.281. The van der Waals surface area contributed by atoms with Crippen LogP contribution < -0.4 is 5.19 Å². The number of halogens is 1. The first-order chi connectivity index (χ1) is 10.7. The van der Waals surface area contributed by atoms with Crippen LogP contribution in [0.4, 0.5) is 4.39 Å². The number of aryl methyl sites for hydroxylation is 1. The Bertz CT molecular complexity index is 796. The molecule has 0 unspecified atom stereocenters. The highest BCUT2D eigenvalue weighted by atomic mass is 28.2. The van der Waals surface area contributed by atoms with Gasteiger partial charge in [0.05, 0.1) is 0 Å². The largest absolute Gasteiger partial charge is 0.361 e. The number of rotatable bonds is 6. The van der Waals surface area contributed by atoms with E-state index >= 15 is 0 Å². The summed E-state index contributed by atoms with van der Waals surface area (Å²) in [6.45, 7) is 0. The highest BCUT2D eigenvalue weighted by molar-refractivity contribution is 6.84. The summed E-state index contributed by atoms with van der Waals surface area (Å²) in [7, 11) is 0.0443. The summed E-state index contributed by atoms with van der Waals surface area (Å²) < 4.78 is 13.1. The quantitative estimate of drug-likeness (QED) is 0.697. The lowest BCUT2D eigenvalue weighted by molar-refractivity contribution is -0.112. The van der Waals surface area contributed by atoms with E-state index in [0.717, 1.165) is 23.5 Å². The molecule has 2 radical (unpaired) electrons. The molecule has 3 rings (SSSR count). The van der Waals surface area contributed by atoms with Crippen molar-refractivity contribution in [3.05, 3.63) is 66.1 Å². The normalized spacial score (nSPS) is 11.0. The molecule has 2 aromatic carbocycles. The number of carbonyl (C=O) groups excluding carboxylic acids is 1. The molecule has 0 saturated heterocycles. The van der Waals surface area contributed by atoms with E-state index < -0.39 is 0 Å². The molecule has 0 fully saturated rings. The summed E-state index contributed by atoms with van der Waals surface area (Å²) >= 11 is 0. The molecule has 1 aromatic heterocycles. The highest BCUT2D eigenvalue weighted by Crippen LogP contribution is 2.19. The van der Waals surface area contributed by atoms with Crippen molar-refractivity contribution in [3.63, 3.8) is 0 Å². The van der Waals surface area contributed by atoms with Crippen molar-refractivity contribution >= 4 is 31.0 Å². The predicted octanol–water partition coefficient (Wildman–Crippen LogP) is 3.19. The Morgan fingerprint density at radius 1 is 1.14 bits per heavy atom. The Balaban J connectivity index is 1.53. The monoisotopic (exact) mass is 309 g/mol. The van der Waals surface area contributed by atoms with E-state index in [0.29, 0.717) is 6.42 Å². The van der Waals surface area contributed by atoms with E-state index in [1.165, 1.54) is 23.1 Å². The number of fused-ring (bicyclic) bond motifs is 1. The summed E-state index contributed by atoms with van der Waals surface area (Å²) in [5.41, 5.74) is 2.38. The van der Waals surface area contributed by atoms with Crippen molar-refractivity contribution in [2.75, 3.05) is 0 Å². The molecule has 0 spiro atoms. The number of hydrogen-bond acceptors (Lipinski definition) is 1. The van der Waals surface area contributed by atoms with Crippen LogP contribution in [0.15, 0.2) is 54.7 Å². The summed E-state index contributed by atoms with van der Waals surface area (Å²) in [6, 6.07) is 14.5. The van der Waals surface area contributed by atoms with E-state index in [2.05, 4.69) is 17.1 Å². The van der Waals surface area contributed by atoms with Gasteiger partial charge < -0.3 is 9.78 Å². The zero-order valence-corrected chi connectivity index (χ0v) is 13.1. The van der Waals surface area contributed by atoms with Gasteiger partial charge in [-0.15, -0.1) is 0 Å². The maximum Gasteiger partial charge on any atom is 0.172 e. The third-order valence-corrected chi connectivity index (χ3v) is 4.76. The van der Waals surface area contributed by atoms with Crippen LogP contribution in [0, 0.1) is 5.82 Å². The van der Waals surface area contributed by atoms with Gasteiger partial charge in [-0.05, 0) is 36.6 Å². The fraction of sp³-hybridized carbons (Fsp3) is 0.167. The molecule has 110 valence electrons. The second-order valence-corrected chi connectivity index (χ2v) is 6.66. The number of para-hydroxylation sites is 1. The number of H-pyrrole nitrogens is 1. The van der Waals surface area contributed by atoms with Crippen LogP contribution in [0.1, 0.15) is 18.4 Å². The van der Waals surface area contributed by atoms with Gasteiger partial charge in [0.2, 0.25) is 0 Å². The van der Waals surface area contributed by atoms with Gasteiger partial charge in [-0.25, -0.2) is 4.39 Å². The van der Waals surface area contributed by atoms with Gasteiger partial charge in [-0.1, -0.05) is 35.5 Å². The lowest BCUT2D eigenvalue weighted by Crippen LogP contribution is -2.23. The van der Waals surface area contributed by atoms with Crippen molar-refractivity contribution in [2.45, 2.75) is 19.3 Å². The highest BCUT2D eigenvalue weighted by Gasteiger charge is 2.08. The van der Waals surface area contributed by atoms with Crippen LogP contribution in [0.3, 0.4) is 0 Å². The Hall–Kier alpha value is -2.20. The third kappa shape index (κ3) is 3.51. The Morgan fingerprint density at radius 3 is 2.86 bits per heavy atom. The Labute approximate surface area is 131 Å². The second-order valence-electron chi connectivity index (χ2n) is 5.27. The number of carbonyl (C=O) groups is 1. The van der Waals surface area contributed by atoms with Gasteiger partial charge in [0.15, 0.2) is 9.52 Å². The molecule has 0 amide bonds. The minimum absolute atomic E-state index is 0.0443. The zero-order valence-electron chi connectivity index (χ0n) is 12.1. The molecule has 0 saturated carbocycles. The van der Waals surface area contributed by atoms with E-state index in [4.69, 9.17) is 0 Å². The first kappa shape index (κ1) is 14.7. The number of aromatic amines is 1. The number of nitrogens with one attached hydrogen (secondary N) is 1. The van der Waals surface area contributed by atoms with Gasteiger partial charge in [-0.2, -0.15) is 0 Å². The topological polar surface area (TPSA) is 32.9 Å². The van der Waals surface area contributed by atoms with Crippen LogP contribution in [0.25, 0.3) is 10.9 Å². The number of hydrogen-bond donors (Lipinski definition) is 1. The van der Waals surface area contributed by atoms with Gasteiger partial charge in [0.25, 0.3) is 0 Å². The van der Waals surface area contributed by atoms with E-state index in [9.17, 15) is 9.18 Å². The van der Waals surface area contributed by atoms with Crippen molar-refractivity contribution < 1.29 is 9.18 Å². The second kappa shape index (κ2) is 6.71. The predicted molar refractivity (Wildman–Crippen MR) is 88.0 cm³/mol. The van der Waals surface area contributed by atoms with Crippen LogP contribution in [0.5, 0.6) is 0 Å². The molecule has 0 aliphatic carbocycles. The standard InChI is InChI=1S/C18H16FNOSi/c19-14-6-4-7-15(11-14)22-18(21)10-3-5-13-12-20-17-9-2-1-8-16(13)17/h1-2,4,6-9,11-12,20H,3,5,10H2. The van der Waals surface area contributed by atoms with Gasteiger partial charge in [-0.3, -0.25) is 0 Å². The molecular formula is C18H16FNOSi. The molecule has 1 N–H and O–H groups in total. The molecule has 0 atom stereocenters. The summed E-state index contributed by atoms with van der Waals surface area (Å²) in [4.78, 5) is 15.2. The fourth-order valence-electron chi connectivity index (χ4n) is 2.57. The molecule has 0 aliphatic rings. The lowest BCUT2D eigenvalue weighted by atomic mass is 10.1. The first-order valence-electron chi connectivity index (χ1n) is 7.33. The molecule has 2 nitrogen and oxygen atoms in total. The van der Waals surface area contributed by atoms with E-state index in [1.807, 2.05) is 18.3 Å². The molecule has 0 aliphatic heterocycles. The molecule has 3 aromatic rings. The number of aromatic nitrogens is 1. The summed E-state index contributed by atoms with van der Waals surface area (Å²) in [6.07, 6.45) is 4.25. The van der Waals surface area contributed by atoms with Crippen molar-refractivity contribution in [1.82, 2.24) is 4.98 Å². The average molecular weight is 309 g/mol. The minimum Gasteiger partial charge on any atom is -0.361 e. The van der Waals surface area contributed by atoms with Crippen LogP contribution in [0.2, 0.25) is 0 Å². The zero-order chi connectivity index (χ0) is 15.4. The molecular weight excluding hydrogens is 293 g/mol. The number of benzene rings is 2. The first-order valence-corrected chi connectivity index (χ1v) is 8.33. The Morgan fingerprint density at radius 2 is 2.00 bits per heavy atom. The van der Waals surface area contributed by atoms with E-state index in [1.54, 1.807) is 12.1 Å². The minimum atomic E-state index is -0.281. The third-order valence-electron chi connectivity index (χ3n) is 3.63. The SMILES string of the molecule is O=C(CCCc1c[nH]c2ccccc12)[Si]c1cccc(F)c1. The Kier molecular flexibility index (Phi) is 4.49. The molecule has 22 heavy (non-hydrogen) atoms. The van der Waals surface area contributed by atoms with Gasteiger partial charge in [0.1, 0.15) is 11.2 Å². The lowest BCUT2D eigenvalue weighted by Gasteiger charge is -2.01. The fourth-order valence-corrected chi connectivity index (χ4v) is 3.58. The van der Waals surface area contributed by atoms with Gasteiger partial charge >= 0.3 is 0 Å². The van der Waals surface area contributed by atoms with Crippen molar-refractivity contribution in [3.8, 4) is 0 Å². The maximum absolute atomic E-state index is 13.1. The van der Waals surface area contributed by atoms with Crippen molar-refractivity contribution in [2.24, 2.45) is 0 Å². The molecule has 0 bridgehead atoms.